The van der Waals surface area contributed by atoms with E-state index in [9.17, 15) is 28.8 Å². The Bertz CT molecular complexity index is 1180. The quantitative estimate of drug-likeness (QED) is 0.310. The van der Waals surface area contributed by atoms with Crippen LogP contribution < -0.4 is 11.2 Å². The van der Waals surface area contributed by atoms with Gasteiger partial charge in [-0.05, 0) is 20.8 Å². The molecule has 1 aliphatic rings. The van der Waals surface area contributed by atoms with E-state index >= 15 is 0 Å². The van der Waals surface area contributed by atoms with Gasteiger partial charge in [0.15, 0.2) is 18.4 Å². The predicted octanol–water partition coefficient (Wildman–Crippen LogP) is 0.0984. The minimum absolute atomic E-state index is 0.175. The number of hydrogen-bond donors (Lipinski definition) is 0. The number of carbonyl (C=O) groups is 4. The molecule has 1 saturated heterocycles. The lowest BCUT2D eigenvalue weighted by Gasteiger charge is -2.24. The minimum atomic E-state index is -1.53. The highest BCUT2D eigenvalue weighted by Gasteiger charge is 2.51. The van der Waals surface area contributed by atoms with Crippen molar-refractivity contribution < 1.29 is 42.9 Å². The lowest BCUT2D eigenvalue weighted by atomic mass is 10.1. The summed E-state index contributed by atoms with van der Waals surface area (Å²) < 4.78 is 27.3. The number of ether oxygens (including phenoxy) is 5. The lowest BCUT2D eigenvalue weighted by molar-refractivity contribution is -0.166. The van der Waals surface area contributed by atoms with Crippen LogP contribution in [0.1, 0.15) is 53.3 Å². The SMILES string of the molecule is C#Cc1cn([C@@H]2O[C@H](COC(C)=O)C(OC(C)=O)C2OC(C)=O)c(=O)n(C(=O)OC(C)(C)C)c1=O. The number of nitrogens with zero attached hydrogens (tertiary/aromatic N) is 2. The van der Waals surface area contributed by atoms with Crippen molar-refractivity contribution in [3.8, 4) is 12.3 Å². The molecule has 0 radical (unpaired) electrons. The number of esters is 3. The highest BCUT2D eigenvalue weighted by atomic mass is 16.7. The Hall–Kier alpha value is -3.92. The van der Waals surface area contributed by atoms with Crippen LogP contribution in [-0.2, 0) is 38.1 Å². The van der Waals surface area contributed by atoms with E-state index in [4.69, 9.17) is 30.1 Å². The number of terminal acetylenes is 1. The van der Waals surface area contributed by atoms with Crippen molar-refractivity contribution in [3.05, 3.63) is 32.6 Å². The van der Waals surface area contributed by atoms with E-state index in [0.717, 1.165) is 31.5 Å². The van der Waals surface area contributed by atoms with Crippen molar-refractivity contribution in [2.75, 3.05) is 6.61 Å². The fourth-order valence-corrected chi connectivity index (χ4v) is 3.24. The highest BCUT2D eigenvalue weighted by molar-refractivity contribution is 5.71. The average Bonchev–Trinajstić information content (AvgIpc) is 3.01. The third-order valence-corrected chi connectivity index (χ3v) is 4.46. The molecule has 1 aliphatic heterocycles. The van der Waals surface area contributed by atoms with Crippen molar-refractivity contribution in [2.24, 2.45) is 0 Å². The van der Waals surface area contributed by atoms with Gasteiger partial charge in [-0.1, -0.05) is 5.92 Å². The Morgan fingerprint density at radius 2 is 1.60 bits per heavy atom. The van der Waals surface area contributed by atoms with Crippen LogP contribution in [0.3, 0.4) is 0 Å². The Balaban J connectivity index is 2.70. The molecule has 0 aromatic carbocycles. The third-order valence-electron chi connectivity index (χ3n) is 4.46. The summed E-state index contributed by atoms with van der Waals surface area (Å²) in [5.74, 6) is -0.195. The molecular weight excluding hydrogens is 468 g/mol. The molecule has 35 heavy (non-hydrogen) atoms. The van der Waals surface area contributed by atoms with E-state index in [-0.39, 0.29) is 4.57 Å². The van der Waals surface area contributed by atoms with E-state index < -0.39 is 77.6 Å². The summed E-state index contributed by atoms with van der Waals surface area (Å²) >= 11 is 0. The van der Waals surface area contributed by atoms with Crippen LogP contribution >= 0.6 is 0 Å². The van der Waals surface area contributed by atoms with Gasteiger partial charge in [-0.2, -0.15) is 4.57 Å². The maximum absolute atomic E-state index is 13.2. The first-order chi connectivity index (χ1) is 16.2. The van der Waals surface area contributed by atoms with Gasteiger partial charge in [0, 0.05) is 27.0 Å². The maximum Gasteiger partial charge on any atom is 0.425 e. The van der Waals surface area contributed by atoms with Crippen molar-refractivity contribution in [3.63, 3.8) is 0 Å². The molecule has 2 heterocycles. The fraction of sp³-hybridized carbons (Fsp3) is 0.545. The van der Waals surface area contributed by atoms with Crippen LogP contribution in [-0.4, -0.2) is 63.7 Å². The molecule has 1 aromatic heterocycles. The van der Waals surface area contributed by atoms with E-state index in [1.54, 1.807) is 0 Å². The molecule has 0 N–H and O–H groups in total. The van der Waals surface area contributed by atoms with Gasteiger partial charge in [0.2, 0.25) is 0 Å². The second-order valence-electron chi connectivity index (χ2n) is 8.51. The Labute approximate surface area is 199 Å². The van der Waals surface area contributed by atoms with E-state index in [1.807, 2.05) is 0 Å². The first-order valence-corrected chi connectivity index (χ1v) is 10.4. The zero-order chi connectivity index (χ0) is 26.7. The summed E-state index contributed by atoms with van der Waals surface area (Å²) in [7, 11) is 0. The third kappa shape index (κ3) is 6.57. The molecule has 4 atom stereocenters. The maximum atomic E-state index is 13.2. The Kier molecular flexibility index (Phi) is 8.24. The molecule has 2 unspecified atom stereocenters. The molecule has 1 aromatic rings. The summed E-state index contributed by atoms with van der Waals surface area (Å²) in [6, 6.07) is 0. The molecule has 0 saturated carbocycles. The Morgan fingerprint density at radius 1 is 1.03 bits per heavy atom. The normalized spacial score (nSPS) is 21.5. The zero-order valence-corrected chi connectivity index (χ0v) is 20.1. The lowest BCUT2D eigenvalue weighted by Crippen LogP contribution is -2.49. The van der Waals surface area contributed by atoms with Crippen LogP contribution in [0, 0.1) is 12.3 Å². The van der Waals surface area contributed by atoms with Crippen molar-refractivity contribution in [1.82, 2.24) is 9.13 Å². The highest BCUT2D eigenvalue weighted by Crippen LogP contribution is 2.33. The van der Waals surface area contributed by atoms with Crippen LogP contribution in [0.5, 0.6) is 0 Å². The molecule has 1 fully saturated rings. The van der Waals surface area contributed by atoms with Gasteiger partial charge in [-0.25, -0.2) is 9.59 Å². The summed E-state index contributed by atoms with van der Waals surface area (Å²) in [4.78, 5) is 73.4. The molecule has 13 heteroatoms. The minimum Gasteiger partial charge on any atom is -0.463 e. The van der Waals surface area contributed by atoms with Crippen molar-refractivity contribution in [2.45, 2.75) is 71.7 Å². The standard InChI is InChI=1S/C22H26N2O11/c1-8-14-9-23(20(29)24(18(14)28)21(30)35-22(5,6)7)19-17(33-13(4)27)16(32-12(3)26)15(34-19)10-31-11(2)25/h1,9,15-17,19H,10H2,2-7H3/t15-,16?,17?,19-/m1/s1. The number of carbonyl (C=O) groups excluding carboxylic acids is 4. The van der Waals surface area contributed by atoms with Crippen LogP contribution in [0.25, 0.3) is 0 Å². The molecule has 0 spiro atoms. The first-order valence-electron chi connectivity index (χ1n) is 10.4. The van der Waals surface area contributed by atoms with Gasteiger partial charge in [-0.15, -0.1) is 6.42 Å². The monoisotopic (exact) mass is 494 g/mol. The molecule has 0 aliphatic carbocycles. The topological polar surface area (TPSA) is 158 Å². The summed E-state index contributed by atoms with van der Waals surface area (Å²) in [6.45, 7) is 7.45. The molecule has 2 rings (SSSR count). The second kappa shape index (κ2) is 10.6. The fourth-order valence-electron chi connectivity index (χ4n) is 3.24. The van der Waals surface area contributed by atoms with Gasteiger partial charge in [0.1, 0.15) is 23.9 Å². The molecule has 13 nitrogen and oxygen atoms in total. The Morgan fingerprint density at radius 3 is 2.09 bits per heavy atom. The largest absolute Gasteiger partial charge is 0.463 e. The average molecular weight is 494 g/mol. The summed E-state index contributed by atoms with van der Waals surface area (Å²) in [5.41, 5.74) is -3.80. The van der Waals surface area contributed by atoms with E-state index in [1.165, 1.54) is 20.8 Å². The van der Waals surface area contributed by atoms with Crippen LogP contribution in [0.15, 0.2) is 15.8 Å². The molecule has 0 amide bonds. The number of hydrogen-bond acceptors (Lipinski definition) is 11. The van der Waals surface area contributed by atoms with E-state index in [0.29, 0.717) is 0 Å². The van der Waals surface area contributed by atoms with Crippen molar-refractivity contribution >= 4 is 24.0 Å². The van der Waals surface area contributed by atoms with Gasteiger partial charge >= 0.3 is 29.7 Å². The smallest absolute Gasteiger partial charge is 0.425 e. The first kappa shape index (κ1) is 27.3. The number of aromatic nitrogens is 2. The van der Waals surface area contributed by atoms with Gasteiger partial charge < -0.3 is 23.7 Å². The second-order valence-corrected chi connectivity index (χ2v) is 8.51. The van der Waals surface area contributed by atoms with Crippen molar-refractivity contribution in [1.29, 1.82) is 0 Å². The summed E-state index contributed by atoms with van der Waals surface area (Å²) in [5, 5.41) is 0. The van der Waals surface area contributed by atoms with E-state index in [2.05, 4.69) is 5.92 Å². The zero-order valence-electron chi connectivity index (χ0n) is 20.1. The molecule has 0 bridgehead atoms. The number of rotatable bonds is 5. The van der Waals surface area contributed by atoms with Gasteiger partial charge in [0.25, 0.3) is 5.56 Å². The summed E-state index contributed by atoms with van der Waals surface area (Å²) in [6.07, 6.45) is -0.430. The molecule has 190 valence electrons. The van der Waals surface area contributed by atoms with Gasteiger partial charge in [0.05, 0.1) is 0 Å². The van der Waals surface area contributed by atoms with Crippen LogP contribution in [0.4, 0.5) is 4.79 Å². The predicted molar refractivity (Wildman–Crippen MR) is 116 cm³/mol. The van der Waals surface area contributed by atoms with Crippen LogP contribution in [0.2, 0.25) is 0 Å². The van der Waals surface area contributed by atoms with Gasteiger partial charge in [-0.3, -0.25) is 23.7 Å². The molecular formula is C22H26N2O11.